The highest BCUT2D eigenvalue weighted by atomic mass is 79.9. The molecule has 0 amide bonds. The van der Waals surface area contributed by atoms with E-state index in [1.54, 1.807) is 7.11 Å². The summed E-state index contributed by atoms with van der Waals surface area (Å²) in [7, 11) is 1.67. The van der Waals surface area contributed by atoms with E-state index < -0.39 is 0 Å². The molecule has 0 radical (unpaired) electrons. The van der Waals surface area contributed by atoms with Gasteiger partial charge in [-0.1, -0.05) is 28.8 Å². The molecule has 0 aromatic heterocycles. The lowest BCUT2D eigenvalue weighted by Gasteiger charge is -2.18. The fraction of sp³-hybridized carbons (Fsp3) is 0.571. The third kappa shape index (κ3) is 3.23. The summed E-state index contributed by atoms with van der Waals surface area (Å²) in [5.74, 6) is 1.33. The number of hydrogen-bond acceptors (Lipinski definition) is 2. The fourth-order valence-corrected chi connectivity index (χ4v) is 2.98. The van der Waals surface area contributed by atoms with Crippen LogP contribution in [0.2, 0.25) is 0 Å². The van der Waals surface area contributed by atoms with Crippen molar-refractivity contribution in [1.29, 1.82) is 0 Å². The van der Waals surface area contributed by atoms with Crippen LogP contribution in [0.5, 0.6) is 5.75 Å². The standard InChI is InChI=1S/C14H19BrO2/c1-17-12-6-7-13(15)11(8-12)9-14(16)10-4-2-3-5-10/h6-8,10,14,16H,2-5,9H2,1H3. The van der Waals surface area contributed by atoms with E-state index in [0.29, 0.717) is 12.3 Å². The molecule has 1 N–H and O–H groups in total. The average Bonchev–Trinajstić information content (AvgIpc) is 2.85. The predicted octanol–water partition coefficient (Wildman–Crippen LogP) is 3.55. The Morgan fingerprint density at radius 1 is 1.41 bits per heavy atom. The van der Waals surface area contributed by atoms with Gasteiger partial charge < -0.3 is 9.84 Å². The van der Waals surface area contributed by atoms with Gasteiger partial charge in [-0.05, 0) is 48.9 Å². The average molecular weight is 299 g/mol. The lowest BCUT2D eigenvalue weighted by Crippen LogP contribution is -2.20. The van der Waals surface area contributed by atoms with E-state index in [9.17, 15) is 5.11 Å². The number of methoxy groups -OCH3 is 1. The van der Waals surface area contributed by atoms with Crippen LogP contribution in [0, 0.1) is 5.92 Å². The van der Waals surface area contributed by atoms with Crippen LogP contribution >= 0.6 is 15.9 Å². The minimum Gasteiger partial charge on any atom is -0.497 e. The maximum atomic E-state index is 10.2. The Balaban J connectivity index is 2.06. The predicted molar refractivity (Wildman–Crippen MR) is 72.4 cm³/mol. The van der Waals surface area contributed by atoms with E-state index in [0.717, 1.165) is 15.8 Å². The van der Waals surface area contributed by atoms with E-state index >= 15 is 0 Å². The minimum atomic E-state index is -0.221. The Morgan fingerprint density at radius 3 is 2.76 bits per heavy atom. The van der Waals surface area contributed by atoms with Crippen molar-refractivity contribution in [3.63, 3.8) is 0 Å². The van der Waals surface area contributed by atoms with Gasteiger partial charge in [-0.15, -0.1) is 0 Å². The summed E-state index contributed by atoms with van der Waals surface area (Å²) in [4.78, 5) is 0. The first-order chi connectivity index (χ1) is 8.20. The molecule has 1 saturated carbocycles. The molecule has 1 fully saturated rings. The molecule has 1 aliphatic carbocycles. The van der Waals surface area contributed by atoms with Crippen molar-refractivity contribution in [2.45, 2.75) is 38.2 Å². The molecular formula is C14H19BrO2. The van der Waals surface area contributed by atoms with E-state index in [1.165, 1.54) is 25.7 Å². The third-order valence-electron chi connectivity index (χ3n) is 3.63. The molecule has 0 saturated heterocycles. The largest absolute Gasteiger partial charge is 0.497 e. The van der Waals surface area contributed by atoms with Gasteiger partial charge in [-0.3, -0.25) is 0 Å². The molecule has 2 rings (SSSR count). The monoisotopic (exact) mass is 298 g/mol. The first-order valence-corrected chi connectivity index (χ1v) is 7.00. The van der Waals surface area contributed by atoms with Gasteiger partial charge in [-0.2, -0.15) is 0 Å². The molecule has 0 aliphatic heterocycles. The zero-order valence-corrected chi connectivity index (χ0v) is 11.7. The van der Waals surface area contributed by atoms with Crippen molar-refractivity contribution in [2.24, 2.45) is 5.92 Å². The van der Waals surface area contributed by atoms with Gasteiger partial charge in [0.25, 0.3) is 0 Å². The Kier molecular flexibility index (Phi) is 4.46. The molecule has 3 heteroatoms. The highest BCUT2D eigenvalue weighted by Crippen LogP contribution is 2.31. The fourth-order valence-electron chi connectivity index (χ4n) is 2.57. The maximum Gasteiger partial charge on any atom is 0.119 e. The Labute approximate surface area is 111 Å². The van der Waals surface area contributed by atoms with Gasteiger partial charge >= 0.3 is 0 Å². The number of hydrogen-bond donors (Lipinski definition) is 1. The smallest absolute Gasteiger partial charge is 0.119 e. The van der Waals surface area contributed by atoms with Crippen LogP contribution in [0.4, 0.5) is 0 Å². The van der Waals surface area contributed by atoms with Crippen LogP contribution in [0.25, 0.3) is 0 Å². The molecule has 0 bridgehead atoms. The van der Waals surface area contributed by atoms with Crippen molar-refractivity contribution >= 4 is 15.9 Å². The molecule has 1 aliphatic rings. The summed E-state index contributed by atoms with van der Waals surface area (Å²) in [6.07, 6.45) is 5.36. The number of aliphatic hydroxyl groups is 1. The summed E-state index contributed by atoms with van der Waals surface area (Å²) in [5, 5.41) is 10.2. The summed E-state index contributed by atoms with van der Waals surface area (Å²) < 4.78 is 6.27. The van der Waals surface area contributed by atoms with E-state index in [4.69, 9.17) is 4.74 Å². The second-order valence-corrected chi connectivity index (χ2v) is 5.63. The van der Waals surface area contributed by atoms with Crippen molar-refractivity contribution in [3.05, 3.63) is 28.2 Å². The first kappa shape index (κ1) is 12.9. The van der Waals surface area contributed by atoms with Crippen LogP contribution in [-0.4, -0.2) is 18.3 Å². The Hall–Kier alpha value is -0.540. The van der Waals surface area contributed by atoms with Gasteiger partial charge in [0.1, 0.15) is 5.75 Å². The third-order valence-corrected chi connectivity index (χ3v) is 4.40. The molecule has 1 aromatic rings. The van der Waals surface area contributed by atoms with Crippen molar-refractivity contribution in [3.8, 4) is 5.75 Å². The lowest BCUT2D eigenvalue weighted by atomic mass is 9.95. The number of aliphatic hydroxyl groups excluding tert-OH is 1. The van der Waals surface area contributed by atoms with Gasteiger partial charge in [0.2, 0.25) is 0 Å². The van der Waals surface area contributed by atoms with Gasteiger partial charge in [0.05, 0.1) is 13.2 Å². The van der Waals surface area contributed by atoms with Crippen LogP contribution < -0.4 is 4.74 Å². The Morgan fingerprint density at radius 2 is 2.12 bits per heavy atom. The Bertz CT molecular complexity index is 372. The summed E-state index contributed by atoms with van der Waals surface area (Å²) in [6, 6.07) is 5.91. The summed E-state index contributed by atoms with van der Waals surface area (Å²) in [6.45, 7) is 0. The summed E-state index contributed by atoms with van der Waals surface area (Å²) in [5.41, 5.74) is 1.13. The second kappa shape index (κ2) is 5.87. The van der Waals surface area contributed by atoms with Gasteiger partial charge in [-0.25, -0.2) is 0 Å². The molecule has 1 unspecified atom stereocenters. The normalized spacial score (nSPS) is 18.3. The maximum absolute atomic E-state index is 10.2. The molecule has 0 spiro atoms. The van der Waals surface area contributed by atoms with Crippen molar-refractivity contribution in [1.82, 2.24) is 0 Å². The van der Waals surface area contributed by atoms with Crippen LogP contribution in [-0.2, 0) is 6.42 Å². The van der Waals surface area contributed by atoms with Crippen LogP contribution in [0.15, 0.2) is 22.7 Å². The van der Waals surface area contributed by atoms with Crippen LogP contribution in [0.1, 0.15) is 31.2 Å². The summed E-state index contributed by atoms with van der Waals surface area (Å²) >= 11 is 3.53. The molecular weight excluding hydrogens is 280 g/mol. The number of halogens is 1. The van der Waals surface area contributed by atoms with Gasteiger partial charge in [0, 0.05) is 4.47 Å². The number of ether oxygens (including phenoxy) is 1. The van der Waals surface area contributed by atoms with E-state index in [1.807, 2.05) is 18.2 Å². The first-order valence-electron chi connectivity index (χ1n) is 6.21. The molecule has 0 heterocycles. The molecule has 2 nitrogen and oxygen atoms in total. The van der Waals surface area contributed by atoms with E-state index in [2.05, 4.69) is 15.9 Å². The number of rotatable bonds is 4. The van der Waals surface area contributed by atoms with Gasteiger partial charge in [0.15, 0.2) is 0 Å². The van der Waals surface area contributed by atoms with Crippen LogP contribution in [0.3, 0.4) is 0 Å². The van der Waals surface area contributed by atoms with Crippen molar-refractivity contribution in [2.75, 3.05) is 7.11 Å². The zero-order chi connectivity index (χ0) is 12.3. The zero-order valence-electron chi connectivity index (χ0n) is 10.2. The topological polar surface area (TPSA) is 29.5 Å². The minimum absolute atomic E-state index is 0.221. The molecule has 1 aromatic carbocycles. The van der Waals surface area contributed by atoms with Crippen molar-refractivity contribution < 1.29 is 9.84 Å². The highest BCUT2D eigenvalue weighted by molar-refractivity contribution is 9.10. The molecule has 1 atom stereocenters. The SMILES string of the molecule is COc1ccc(Br)c(CC(O)C2CCCC2)c1. The highest BCUT2D eigenvalue weighted by Gasteiger charge is 2.23. The molecule has 94 valence electrons. The van der Waals surface area contributed by atoms with E-state index in [-0.39, 0.29) is 6.10 Å². The quantitative estimate of drug-likeness (QED) is 0.921. The number of benzene rings is 1. The molecule has 17 heavy (non-hydrogen) atoms. The second-order valence-electron chi connectivity index (χ2n) is 4.77. The lowest BCUT2D eigenvalue weighted by molar-refractivity contribution is 0.111.